The van der Waals surface area contributed by atoms with E-state index in [1.165, 1.54) is 6.08 Å². The van der Waals surface area contributed by atoms with Gasteiger partial charge in [-0.1, -0.05) is 24.3 Å². The molecule has 1 fully saturated rings. The molecule has 5 nitrogen and oxygen atoms in total. The largest absolute Gasteiger partial charge is 0.497 e. The minimum atomic E-state index is -0.283. The quantitative estimate of drug-likeness (QED) is 0.839. The molecule has 1 heterocycles. The summed E-state index contributed by atoms with van der Waals surface area (Å²) in [6.07, 6.45) is 5.22. The van der Waals surface area contributed by atoms with E-state index in [2.05, 4.69) is 5.32 Å². The number of hydrogen-bond acceptors (Lipinski definition) is 3. The lowest BCUT2D eigenvalue weighted by molar-refractivity contribution is -0.111. The molecule has 1 N–H and O–H groups in total. The van der Waals surface area contributed by atoms with E-state index < -0.39 is 0 Å². The van der Waals surface area contributed by atoms with Crippen molar-refractivity contribution < 1.29 is 14.3 Å². The van der Waals surface area contributed by atoms with Crippen molar-refractivity contribution in [3.8, 4) is 5.75 Å². The molecule has 1 aliphatic rings. The van der Waals surface area contributed by atoms with E-state index >= 15 is 0 Å². The van der Waals surface area contributed by atoms with Crippen LogP contribution in [0.25, 0.3) is 6.08 Å². The number of methoxy groups -OCH3 is 1. The number of nitrogens with one attached hydrogen (secondary N) is 1. The Labute approximate surface area is 153 Å². The second-order valence-electron chi connectivity index (χ2n) is 6.14. The van der Waals surface area contributed by atoms with Gasteiger partial charge in [-0.15, -0.1) is 0 Å². The average Bonchev–Trinajstić information content (AvgIpc) is 3.21. The highest BCUT2D eigenvalue weighted by Crippen LogP contribution is 2.20. The van der Waals surface area contributed by atoms with Crippen LogP contribution in [0.1, 0.15) is 28.8 Å². The molecule has 26 heavy (non-hydrogen) atoms. The number of rotatable bonds is 5. The van der Waals surface area contributed by atoms with Crippen molar-refractivity contribution in [2.45, 2.75) is 12.8 Å². The summed E-state index contributed by atoms with van der Waals surface area (Å²) >= 11 is 0. The first-order valence-electron chi connectivity index (χ1n) is 8.69. The SMILES string of the molecule is COc1cccc(C=CC(=O)Nc2ccccc2C(=O)N2CCCC2)c1. The number of anilines is 1. The Bertz CT molecular complexity index is 824. The van der Waals surface area contributed by atoms with Crippen molar-refractivity contribution in [1.82, 2.24) is 4.90 Å². The zero-order valence-electron chi connectivity index (χ0n) is 14.8. The van der Waals surface area contributed by atoms with Crippen LogP contribution in [0, 0.1) is 0 Å². The summed E-state index contributed by atoms with van der Waals surface area (Å²) in [5.41, 5.74) is 1.92. The minimum absolute atomic E-state index is 0.0322. The van der Waals surface area contributed by atoms with Crippen molar-refractivity contribution >= 4 is 23.6 Å². The molecule has 0 bridgehead atoms. The Hall–Kier alpha value is -3.08. The summed E-state index contributed by atoms with van der Waals surface area (Å²) in [5, 5.41) is 2.81. The second kappa shape index (κ2) is 8.34. The van der Waals surface area contributed by atoms with Gasteiger partial charge in [0, 0.05) is 19.2 Å². The number of hydrogen-bond donors (Lipinski definition) is 1. The molecule has 0 aromatic heterocycles. The van der Waals surface area contributed by atoms with Crippen LogP contribution in [-0.4, -0.2) is 36.9 Å². The second-order valence-corrected chi connectivity index (χ2v) is 6.14. The van der Waals surface area contributed by atoms with Gasteiger partial charge in [0.2, 0.25) is 5.91 Å². The Balaban J connectivity index is 1.71. The van der Waals surface area contributed by atoms with Gasteiger partial charge in [-0.3, -0.25) is 9.59 Å². The van der Waals surface area contributed by atoms with Crippen molar-refractivity contribution in [1.29, 1.82) is 0 Å². The third-order valence-corrected chi connectivity index (χ3v) is 4.33. The monoisotopic (exact) mass is 350 g/mol. The summed E-state index contributed by atoms with van der Waals surface area (Å²) < 4.78 is 5.17. The number of carbonyl (C=O) groups excluding carboxylic acids is 2. The first kappa shape index (κ1) is 17.7. The molecule has 2 aromatic carbocycles. The van der Waals surface area contributed by atoms with Crippen molar-refractivity contribution in [3.05, 3.63) is 65.7 Å². The van der Waals surface area contributed by atoms with Gasteiger partial charge in [0.1, 0.15) is 5.75 Å². The molecule has 0 spiro atoms. The minimum Gasteiger partial charge on any atom is -0.497 e. The lowest BCUT2D eigenvalue weighted by Gasteiger charge is -2.17. The summed E-state index contributed by atoms with van der Waals surface area (Å²) in [6.45, 7) is 1.55. The molecular weight excluding hydrogens is 328 g/mol. The Morgan fingerprint density at radius 2 is 1.85 bits per heavy atom. The zero-order chi connectivity index (χ0) is 18.4. The third kappa shape index (κ3) is 4.30. The predicted octanol–water partition coefficient (Wildman–Crippen LogP) is 3.58. The maximum atomic E-state index is 12.6. The molecular formula is C21H22N2O3. The standard InChI is InChI=1S/C21H22N2O3/c1-26-17-8-6-7-16(15-17)11-12-20(24)22-19-10-3-2-9-18(19)21(25)23-13-4-5-14-23/h2-3,6-12,15H,4-5,13-14H2,1H3,(H,22,24). The van der Waals surface area contributed by atoms with E-state index in [1.54, 1.807) is 25.3 Å². The molecule has 1 aliphatic heterocycles. The van der Waals surface area contributed by atoms with Gasteiger partial charge in [0.25, 0.3) is 5.91 Å². The van der Waals surface area contributed by atoms with Gasteiger partial charge >= 0.3 is 0 Å². The topological polar surface area (TPSA) is 58.6 Å². The lowest BCUT2D eigenvalue weighted by Crippen LogP contribution is -2.28. The Kier molecular flexibility index (Phi) is 5.69. The fraction of sp³-hybridized carbons (Fsp3) is 0.238. The third-order valence-electron chi connectivity index (χ3n) is 4.33. The lowest BCUT2D eigenvalue weighted by atomic mass is 10.1. The van der Waals surface area contributed by atoms with Crippen LogP contribution < -0.4 is 10.1 Å². The Morgan fingerprint density at radius 3 is 2.62 bits per heavy atom. The molecule has 0 aliphatic carbocycles. The molecule has 3 rings (SSSR count). The molecule has 2 amide bonds. The zero-order valence-corrected chi connectivity index (χ0v) is 14.8. The molecule has 0 atom stereocenters. The van der Waals surface area contributed by atoms with Gasteiger partial charge in [-0.05, 0) is 48.7 Å². The van der Waals surface area contributed by atoms with Crippen molar-refractivity contribution in [2.75, 3.05) is 25.5 Å². The number of benzene rings is 2. The molecule has 1 saturated heterocycles. The first-order valence-corrected chi connectivity index (χ1v) is 8.69. The average molecular weight is 350 g/mol. The van der Waals surface area contributed by atoms with Gasteiger partial charge in [0.15, 0.2) is 0 Å². The van der Waals surface area contributed by atoms with Crippen molar-refractivity contribution in [2.24, 2.45) is 0 Å². The highest BCUT2D eigenvalue weighted by atomic mass is 16.5. The fourth-order valence-corrected chi connectivity index (χ4v) is 2.96. The highest BCUT2D eigenvalue weighted by Gasteiger charge is 2.21. The molecule has 5 heteroatoms. The summed E-state index contributed by atoms with van der Waals surface area (Å²) in [5.74, 6) is 0.416. The number of likely N-dealkylation sites (tertiary alicyclic amines) is 1. The molecule has 2 aromatic rings. The number of amides is 2. The summed E-state index contributed by atoms with van der Waals surface area (Å²) in [7, 11) is 1.60. The fourth-order valence-electron chi connectivity index (χ4n) is 2.96. The predicted molar refractivity (Wildman–Crippen MR) is 102 cm³/mol. The first-order chi connectivity index (χ1) is 12.7. The van der Waals surface area contributed by atoms with Crippen LogP contribution in [0.15, 0.2) is 54.6 Å². The highest BCUT2D eigenvalue weighted by molar-refractivity contribution is 6.07. The normalized spacial score (nSPS) is 13.8. The van der Waals surface area contributed by atoms with Gasteiger partial charge in [-0.2, -0.15) is 0 Å². The Morgan fingerprint density at radius 1 is 1.08 bits per heavy atom. The molecule has 0 unspecified atom stereocenters. The van der Waals surface area contributed by atoms with Crippen LogP contribution in [0.4, 0.5) is 5.69 Å². The smallest absolute Gasteiger partial charge is 0.255 e. The van der Waals surface area contributed by atoms with Gasteiger partial charge in [-0.25, -0.2) is 0 Å². The van der Waals surface area contributed by atoms with Crippen LogP contribution in [-0.2, 0) is 4.79 Å². The van der Waals surface area contributed by atoms with E-state index in [4.69, 9.17) is 4.74 Å². The summed E-state index contributed by atoms with van der Waals surface area (Å²) in [6, 6.07) is 14.6. The van der Waals surface area contributed by atoms with E-state index in [9.17, 15) is 9.59 Å². The van der Waals surface area contributed by atoms with E-state index in [0.29, 0.717) is 11.3 Å². The number of carbonyl (C=O) groups is 2. The van der Waals surface area contributed by atoms with Crippen LogP contribution >= 0.6 is 0 Å². The van der Waals surface area contributed by atoms with E-state index in [0.717, 1.165) is 37.2 Å². The van der Waals surface area contributed by atoms with Crippen LogP contribution in [0.3, 0.4) is 0 Å². The number of nitrogens with zero attached hydrogens (tertiary/aromatic N) is 1. The van der Waals surface area contributed by atoms with Gasteiger partial charge < -0.3 is 15.0 Å². The van der Waals surface area contributed by atoms with E-state index in [1.807, 2.05) is 41.3 Å². The maximum Gasteiger partial charge on any atom is 0.255 e. The van der Waals surface area contributed by atoms with Crippen LogP contribution in [0.2, 0.25) is 0 Å². The number of ether oxygens (including phenoxy) is 1. The van der Waals surface area contributed by atoms with Crippen LogP contribution in [0.5, 0.6) is 5.75 Å². The van der Waals surface area contributed by atoms with E-state index in [-0.39, 0.29) is 11.8 Å². The van der Waals surface area contributed by atoms with Crippen molar-refractivity contribution in [3.63, 3.8) is 0 Å². The van der Waals surface area contributed by atoms with Gasteiger partial charge in [0.05, 0.1) is 18.4 Å². The summed E-state index contributed by atoms with van der Waals surface area (Å²) in [4.78, 5) is 26.8. The maximum absolute atomic E-state index is 12.6. The number of para-hydroxylation sites is 1. The molecule has 0 saturated carbocycles. The molecule has 0 radical (unpaired) electrons. The molecule has 134 valence electrons.